The Balaban J connectivity index is 1.93. The number of aryl methyl sites for hydroxylation is 1. The van der Waals surface area contributed by atoms with E-state index in [0.717, 1.165) is 22.2 Å². The van der Waals surface area contributed by atoms with Gasteiger partial charge in [-0.2, -0.15) is 5.10 Å². The van der Waals surface area contributed by atoms with Crippen molar-refractivity contribution in [2.24, 2.45) is 7.05 Å². The highest BCUT2D eigenvalue weighted by molar-refractivity contribution is 5.95. The quantitative estimate of drug-likeness (QED) is 0.563. The summed E-state index contributed by atoms with van der Waals surface area (Å²) in [5.41, 5.74) is 4.44. The van der Waals surface area contributed by atoms with Gasteiger partial charge in [-0.3, -0.25) is 14.6 Å². The normalized spacial score (nSPS) is 11.0. The number of fused-ring (bicyclic) bond motifs is 1. The number of nitrogens with zero attached hydrogens (tertiary/aromatic N) is 5. The standard InChI is InChI=1S/C19H16FN5O/c1-3-26-17-7-6-15-18(23-17)13(8-9-21-15)14-11-25(2)24-19(14)16-5-4-12(20)10-22-16/h4-11H,3H2,1-2H3. The molecule has 6 nitrogen and oxygen atoms in total. The van der Waals surface area contributed by atoms with E-state index in [-0.39, 0.29) is 5.82 Å². The molecule has 4 rings (SSSR count). The molecule has 0 aromatic carbocycles. The molecule has 0 bridgehead atoms. The van der Waals surface area contributed by atoms with Crippen molar-refractivity contribution in [3.63, 3.8) is 0 Å². The smallest absolute Gasteiger partial charge is 0.213 e. The van der Waals surface area contributed by atoms with Crippen LogP contribution in [0.25, 0.3) is 33.5 Å². The number of hydrogen-bond acceptors (Lipinski definition) is 5. The molecule has 0 aliphatic heterocycles. The topological polar surface area (TPSA) is 65.7 Å². The van der Waals surface area contributed by atoms with Gasteiger partial charge in [0, 0.05) is 36.6 Å². The Labute approximate surface area is 149 Å². The third-order valence-electron chi connectivity index (χ3n) is 3.94. The van der Waals surface area contributed by atoms with Gasteiger partial charge in [0.25, 0.3) is 0 Å². The van der Waals surface area contributed by atoms with Crippen LogP contribution in [0.5, 0.6) is 5.88 Å². The zero-order valence-electron chi connectivity index (χ0n) is 14.3. The Morgan fingerprint density at radius 3 is 2.73 bits per heavy atom. The van der Waals surface area contributed by atoms with Crippen LogP contribution in [0.3, 0.4) is 0 Å². The van der Waals surface area contributed by atoms with Gasteiger partial charge in [0.2, 0.25) is 5.88 Å². The highest BCUT2D eigenvalue weighted by Gasteiger charge is 2.17. The molecule has 0 aliphatic carbocycles. The van der Waals surface area contributed by atoms with E-state index in [4.69, 9.17) is 4.74 Å². The molecule has 0 radical (unpaired) electrons. The highest BCUT2D eigenvalue weighted by Crippen LogP contribution is 2.33. The molecule has 7 heteroatoms. The summed E-state index contributed by atoms with van der Waals surface area (Å²) in [6, 6.07) is 8.55. The first-order valence-corrected chi connectivity index (χ1v) is 8.20. The number of halogens is 1. The fourth-order valence-corrected chi connectivity index (χ4v) is 2.84. The molecular weight excluding hydrogens is 333 g/mol. The van der Waals surface area contributed by atoms with Gasteiger partial charge in [-0.05, 0) is 31.2 Å². The number of ether oxygens (including phenoxy) is 1. The summed E-state index contributed by atoms with van der Waals surface area (Å²) >= 11 is 0. The molecule has 4 heterocycles. The minimum Gasteiger partial charge on any atom is -0.478 e. The number of rotatable bonds is 4. The summed E-state index contributed by atoms with van der Waals surface area (Å²) < 4.78 is 20.5. The SMILES string of the molecule is CCOc1ccc2nccc(-c3cn(C)nc3-c3ccc(F)cn3)c2n1. The second kappa shape index (κ2) is 6.51. The van der Waals surface area contributed by atoms with Crippen molar-refractivity contribution >= 4 is 11.0 Å². The van der Waals surface area contributed by atoms with Gasteiger partial charge in [0.15, 0.2) is 0 Å². The lowest BCUT2D eigenvalue weighted by atomic mass is 10.0. The molecule has 4 aromatic heterocycles. The molecule has 0 spiro atoms. The fourth-order valence-electron chi connectivity index (χ4n) is 2.84. The van der Waals surface area contributed by atoms with Crippen molar-refractivity contribution in [2.45, 2.75) is 6.92 Å². The monoisotopic (exact) mass is 349 g/mol. The van der Waals surface area contributed by atoms with Crippen LogP contribution in [0.4, 0.5) is 4.39 Å². The first-order valence-electron chi connectivity index (χ1n) is 8.20. The second-order valence-electron chi connectivity index (χ2n) is 5.74. The predicted molar refractivity (Wildman–Crippen MR) is 96.1 cm³/mol. The molecule has 0 saturated carbocycles. The highest BCUT2D eigenvalue weighted by atomic mass is 19.1. The van der Waals surface area contributed by atoms with Crippen LogP contribution in [0.1, 0.15) is 6.92 Å². The van der Waals surface area contributed by atoms with E-state index in [1.165, 1.54) is 12.3 Å². The lowest BCUT2D eigenvalue weighted by Gasteiger charge is -2.08. The molecule has 0 N–H and O–H groups in total. The van der Waals surface area contributed by atoms with Crippen molar-refractivity contribution < 1.29 is 9.13 Å². The van der Waals surface area contributed by atoms with E-state index in [1.54, 1.807) is 23.0 Å². The maximum absolute atomic E-state index is 13.2. The Bertz CT molecular complexity index is 1080. The van der Waals surface area contributed by atoms with E-state index >= 15 is 0 Å². The van der Waals surface area contributed by atoms with Gasteiger partial charge < -0.3 is 4.74 Å². The zero-order valence-corrected chi connectivity index (χ0v) is 14.3. The summed E-state index contributed by atoms with van der Waals surface area (Å²) in [4.78, 5) is 13.1. The molecule has 0 atom stereocenters. The Kier molecular flexibility index (Phi) is 4.04. The molecule has 0 amide bonds. The van der Waals surface area contributed by atoms with Crippen LogP contribution in [-0.2, 0) is 7.05 Å². The predicted octanol–water partition coefficient (Wildman–Crippen LogP) is 3.63. The number of pyridine rings is 3. The molecule has 0 aliphatic rings. The lowest BCUT2D eigenvalue weighted by molar-refractivity contribution is 0.328. The molecular formula is C19H16FN5O. The average Bonchev–Trinajstić information content (AvgIpc) is 3.03. The van der Waals surface area contributed by atoms with Gasteiger partial charge in [-0.25, -0.2) is 9.37 Å². The van der Waals surface area contributed by atoms with Crippen molar-refractivity contribution in [3.05, 3.63) is 54.7 Å². The van der Waals surface area contributed by atoms with Crippen molar-refractivity contribution in [3.8, 4) is 28.4 Å². The molecule has 26 heavy (non-hydrogen) atoms. The van der Waals surface area contributed by atoms with Gasteiger partial charge in [-0.15, -0.1) is 0 Å². The molecule has 0 unspecified atom stereocenters. The van der Waals surface area contributed by atoms with Gasteiger partial charge in [0.05, 0.1) is 24.0 Å². The summed E-state index contributed by atoms with van der Waals surface area (Å²) in [6.45, 7) is 2.45. The number of aromatic nitrogens is 5. The summed E-state index contributed by atoms with van der Waals surface area (Å²) in [6.07, 6.45) is 4.81. The van der Waals surface area contributed by atoms with Crippen LogP contribution in [-0.4, -0.2) is 31.3 Å². The third kappa shape index (κ3) is 2.88. The first-order chi connectivity index (χ1) is 12.7. The number of hydrogen-bond donors (Lipinski definition) is 0. The van der Waals surface area contributed by atoms with Gasteiger partial charge in [0.1, 0.15) is 17.0 Å². The minimum atomic E-state index is -0.386. The molecule has 0 fully saturated rings. The fraction of sp³-hybridized carbons (Fsp3) is 0.158. The summed E-state index contributed by atoms with van der Waals surface area (Å²) in [5, 5.41) is 4.50. The summed E-state index contributed by atoms with van der Waals surface area (Å²) in [7, 11) is 1.83. The lowest BCUT2D eigenvalue weighted by Crippen LogP contribution is -1.96. The zero-order chi connectivity index (χ0) is 18.1. The van der Waals surface area contributed by atoms with Crippen LogP contribution in [0, 0.1) is 5.82 Å². The van der Waals surface area contributed by atoms with Crippen molar-refractivity contribution in [1.82, 2.24) is 24.7 Å². The van der Waals surface area contributed by atoms with E-state index < -0.39 is 0 Å². The molecule has 4 aromatic rings. The Hall–Kier alpha value is -3.35. The van der Waals surface area contributed by atoms with E-state index in [0.29, 0.717) is 23.9 Å². The first kappa shape index (κ1) is 16.1. The average molecular weight is 349 g/mol. The van der Waals surface area contributed by atoms with Crippen molar-refractivity contribution in [1.29, 1.82) is 0 Å². The molecule has 130 valence electrons. The van der Waals surface area contributed by atoms with Crippen LogP contribution in [0.15, 0.2) is 48.9 Å². The minimum absolute atomic E-state index is 0.386. The second-order valence-corrected chi connectivity index (χ2v) is 5.74. The van der Waals surface area contributed by atoms with Crippen molar-refractivity contribution in [2.75, 3.05) is 6.61 Å². The van der Waals surface area contributed by atoms with Crippen LogP contribution >= 0.6 is 0 Å². The van der Waals surface area contributed by atoms with E-state index in [2.05, 4.69) is 20.1 Å². The maximum atomic E-state index is 13.2. The Morgan fingerprint density at radius 2 is 1.96 bits per heavy atom. The van der Waals surface area contributed by atoms with Gasteiger partial charge >= 0.3 is 0 Å². The third-order valence-corrected chi connectivity index (χ3v) is 3.94. The maximum Gasteiger partial charge on any atom is 0.213 e. The van der Waals surface area contributed by atoms with E-state index in [9.17, 15) is 4.39 Å². The Morgan fingerprint density at radius 1 is 1.08 bits per heavy atom. The van der Waals surface area contributed by atoms with E-state index in [1.807, 2.05) is 32.3 Å². The van der Waals surface area contributed by atoms with Crippen LogP contribution in [0.2, 0.25) is 0 Å². The molecule has 0 saturated heterocycles. The van der Waals surface area contributed by atoms with Gasteiger partial charge in [-0.1, -0.05) is 0 Å². The summed E-state index contributed by atoms with van der Waals surface area (Å²) in [5.74, 6) is 0.156. The largest absolute Gasteiger partial charge is 0.478 e. The van der Waals surface area contributed by atoms with Crippen LogP contribution < -0.4 is 4.74 Å².